The molecule has 0 aliphatic carbocycles. The first-order valence-corrected chi connectivity index (χ1v) is 13.0. The Morgan fingerprint density at radius 1 is 0.743 bits per heavy atom. The number of hydrogen-bond acceptors (Lipinski definition) is 3. The van der Waals surface area contributed by atoms with Gasteiger partial charge in [-0.05, 0) is 60.9 Å². The topological polar surface area (TPSA) is 50.1 Å². The summed E-state index contributed by atoms with van der Waals surface area (Å²) >= 11 is 0. The SMILES string of the molecule is CC(C)(Oc1ccc(F)cc1)C(=O)C(C#N)=P(c1ccccc1)(c1ccccc1)c1ccccc1. The van der Waals surface area contributed by atoms with Gasteiger partial charge < -0.3 is 4.74 Å². The highest BCUT2D eigenvalue weighted by atomic mass is 31.2. The first kappa shape index (κ1) is 24.2. The molecule has 0 aromatic heterocycles. The smallest absolute Gasteiger partial charge is 0.217 e. The molecule has 0 fully saturated rings. The normalized spacial score (nSPS) is 11.4. The van der Waals surface area contributed by atoms with Crippen LogP contribution in [0.3, 0.4) is 0 Å². The summed E-state index contributed by atoms with van der Waals surface area (Å²) in [5.74, 6) is -0.452. The van der Waals surface area contributed by atoms with Gasteiger partial charge in [0, 0.05) is 0 Å². The second-order valence-electron chi connectivity index (χ2n) is 8.53. The number of nitriles is 1. The molecule has 0 radical (unpaired) electrons. The number of carbonyl (C=O) groups excluding carboxylic acids is 1. The van der Waals surface area contributed by atoms with Crippen LogP contribution in [-0.4, -0.2) is 16.7 Å². The van der Waals surface area contributed by atoms with E-state index in [-0.39, 0.29) is 5.29 Å². The Morgan fingerprint density at radius 2 is 1.14 bits per heavy atom. The molecule has 4 aromatic rings. The van der Waals surface area contributed by atoms with Gasteiger partial charge in [0.15, 0.2) is 5.60 Å². The maximum absolute atomic E-state index is 14.2. The van der Waals surface area contributed by atoms with Gasteiger partial charge in [0.25, 0.3) is 0 Å². The van der Waals surface area contributed by atoms with E-state index >= 15 is 0 Å². The largest absolute Gasteiger partial charge is 0.480 e. The fourth-order valence-corrected chi connectivity index (χ4v) is 8.45. The third-order valence-electron chi connectivity index (χ3n) is 5.82. The molecule has 174 valence electrons. The van der Waals surface area contributed by atoms with Crippen LogP contribution in [0.15, 0.2) is 115 Å². The molecular weight excluding hydrogens is 456 g/mol. The summed E-state index contributed by atoms with van der Waals surface area (Å²) in [5.41, 5.74) is -1.37. The predicted molar refractivity (Wildman–Crippen MR) is 142 cm³/mol. The predicted octanol–water partition coefficient (Wildman–Crippen LogP) is 5.24. The number of rotatable bonds is 7. The molecule has 5 heteroatoms. The van der Waals surface area contributed by atoms with Crippen LogP contribution in [0, 0.1) is 17.1 Å². The van der Waals surface area contributed by atoms with Crippen molar-refractivity contribution >= 4 is 33.9 Å². The summed E-state index contributed by atoms with van der Waals surface area (Å²) in [6.07, 6.45) is 0. The van der Waals surface area contributed by atoms with E-state index in [4.69, 9.17) is 4.74 Å². The second kappa shape index (κ2) is 10.1. The standard InChI is InChI=1S/C30H25FNO2P/c1-30(2,34-24-20-18-23(31)19-21-24)29(33)28(22-32)35(25-12-6-3-7-13-25,26-14-8-4-9-15-26)27-16-10-5-11-17-27/h3-21H,1-2H3. The Bertz CT molecular complexity index is 1310. The molecule has 0 saturated heterocycles. The summed E-state index contributed by atoms with van der Waals surface area (Å²) in [6.45, 7) is 0.427. The lowest BCUT2D eigenvalue weighted by Crippen LogP contribution is -2.45. The number of Topliss-reactive ketones (excluding diaryl/α,β-unsaturated/α-hetero) is 1. The van der Waals surface area contributed by atoms with E-state index in [1.54, 1.807) is 13.8 Å². The Kier molecular flexibility index (Phi) is 7.01. The molecule has 3 nitrogen and oxygen atoms in total. The average molecular weight is 482 g/mol. The third kappa shape index (κ3) is 4.69. The van der Waals surface area contributed by atoms with Crippen molar-refractivity contribution in [3.63, 3.8) is 0 Å². The molecule has 0 N–H and O–H groups in total. The molecule has 0 aliphatic heterocycles. The van der Waals surface area contributed by atoms with Gasteiger partial charge in [-0.2, -0.15) is 5.26 Å². The minimum Gasteiger partial charge on any atom is -0.480 e. The number of ketones is 1. The van der Waals surface area contributed by atoms with Crippen molar-refractivity contribution < 1.29 is 13.9 Å². The van der Waals surface area contributed by atoms with E-state index in [0.29, 0.717) is 5.75 Å². The molecule has 4 rings (SSSR count). The van der Waals surface area contributed by atoms with Crippen LogP contribution in [0.1, 0.15) is 13.8 Å². The van der Waals surface area contributed by atoms with Gasteiger partial charge in [-0.1, -0.05) is 91.0 Å². The van der Waals surface area contributed by atoms with Crippen molar-refractivity contribution in [2.75, 3.05) is 0 Å². The zero-order valence-corrected chi connectivity index (χ0v) is 20.5. The fourth-order valence-electron chi connectivity index (χ4n) is 4.20. The van der Waals surface area contributed by atoms with E-state index < -0.39 is 24.1 Å². The van der Waals surface area contributed by atoms with Crippen molar-refractivity contribution in [3.8, 4) is 11.8 Å². The minimum atomic E-state index is -2.86. The quantitative estimate of drug-likeness (QED) is 0.339. The summed E-state index contributed by atoms with van der Waals surface area (Å²) in [6, 6.07) is 37.0. The molecule has 0 amide bonds. The summed E-state index contributed by atoms with van der Waals surface area (Å²) in [5, 5.41) is 13.5. The number of hydrogen-bond donors (Lipinski definition) is 0. The number of ether oxygens (including phenoxy) is 1. The minimum absolute atomic E-state index is 0.146. The Hall–Kier alpha value is -3.93. The summed E-state index contributed by atoms with van der Waals surface area (Å²) in [4.78, 5) is 14.2. The van der Waals surface area contributed by atoms with Crippen molar-refractivity contribution in [1.29, 1.82) is 5.26 Å². The van der Waals surface area contributed by atoms with Gasteiger partial charge in [-0.15, -0.1) is 0 Å². The van der Waals surface area contributed by atoms with Crippen LogP contribution in [0.2, 0.25) is 0 Å². The Morgan fingerprint density at radius 3 is 1.51 bits per heavy atom. The third-order valence-corrected chi connectivity index (χ3v) is 10.0. The number of benzene rings is 4. The fraction of sp³-hybridized carbons (Fsp3) is 0.100. The lowest BCUT2D eigenvalue weighted by molar-refractivity contribution is -0.124. The van der Waals surface area contributed by atoms with Crippen molar-refractivity contribution in [3.05, 3.63) is 121 Å². The number of carbonyl (C=O) groups is 1. The molecule has 4 aromatic carbocycles. The van der Waals surface area contributed by atoms with Crippen LogP contribution in [0.5, 0.6) is 5.75 Å². The van der Waals surface area contributed by atoms with Crippen LogP contribution < -0.4 is 20.7 Å². The molecule has 35 heavy (non-hydrogen) atoms. The lowest BCUT2D eigenvalue weighted by atomic mass is 10.0. The summed E-state index contributed by atoms with van der Waals surface area (Å²) < 4.78 is 19.4. The molecule has 0 atom stereocenters. The molecule has 0 heterocycles. The van der Waals surface area contributed by atoms with E-state index in [9.17, 15) is 14.4 Å². The maximum Gasteiger partial charge on any atom is 0.217 e. The van der Waals surface area contributed by atoms with E-state index in [1.165, 1.54) is 24.3 Å². The van der Waals surface area contributed by atoms with Gasteiger partial charge >= 0.3 is 0 Å². The van der Waals surface area contributed by atoms with Crippen molar-refractivity contribution in [2.45, 2.75) is 19.4 Å². The van der Waals surface area contributed by atoms with Crippen LogP contribution in [0.4, 0.5) is 4.39 Å². The van der Waals surface area contributed by atoms with E-state index in [1.807, 2.05) is 91.0 Å². The zero-order chi connectivity index (χ0) is 24.9. The first-order chi connectivity index (χ1) is 16.9. The highest BCUT2D eigenvalue weighted by molar-refractivity contribution is 7.97. The zero-order valence-electron chi connectivity index (χ0n) is 19.6. The molecule has 0 bridgehead atoms. The molecule has 0 saturated carbocycles. The van der Waals surface area contributed by atoms with Gasteiger partial charge in [0.2, 0.25) is 5.78 Å². The average Bonchev–Trinajstić information content (AvgIpc) is 2.89. The van der Waals surface area contributed by atoms with Crippen molar-refractivity contribution in [1.82, 2.24) is 0 Å². The number of nitrogens with zero attached hydrogens (tertiary/aromatic N) is 1. The number of halogens is 1. The lowest BCUT2D eigenvalue weighted by Gasteiger charge is -2.33. The van der Waals surface area contributed by atoms with Crippen molar-refractivity contribution in [2.24, 2.45) is 0 Å². The van der Waals surface area contributed by atoms with E-state index in [0.717, 1.165) is 15.9 Å². The van der Waals surface area contributed by atoms with Gasteiger partial charge in [-0.25, -0.2) is 4.39 Å². The molecule has 0 unspecified atom stereocenters. The Labute approximate surface area is 205 Å². The second-order valence-corrected chi connectivity index (χ2v) is 11.9. The van der Waals surface area contributed by atoms with Gasteiger partial charge in [-0.3, -0.25) is 4.79 Å². The van der Waals surface area contributed by atoms with Crippen LogP contribution in [-0.2, 0) is 4.79 Å². The highest BCUT2D eigenvalue weighted by Crippen LogP contribution is 2.47. The highest BCUT2D eigenvalue weighted by Gasteiger charge is 2.40. The van der Waals surface area contributed by atoms with Crippen LogP contribution >= 0.6 is 6.89 Å². The monoisotopic (exact) mass is 481 g/mol. The van der Waals surface area contributed by atoms with Crippen LogP contribution in [0.25, 0.3) is 0 Å². The van der Waals surface area contributed by atoms with Gasteiger partial charge in [0.05, 0.1) is 0 Å². The Balaban J connectivity index is 2.05. The first-order valence-electron chi connectivity index (χ1n) is 11.2. The van der Waals surface area contributed by atoms with Gasteiger partial charge in [0.1, 0.15) is 22.9 Å². The molecular formula is C30H25FNO2P. The van der Waals surface area contributed by atoms with E-state index in [2.05, 4.69) is 6.07 Å². The molecule has 0 spiro atoms. The summed E-state index contributed by atoms with van der Waals surface area (Å²) in [7, 11) is 0. The molecule has 0 aliphatic rings. The maximum atomic E-state index is 14.2.